The summed E-state index contributed by atoms with van der Waals surface area (Å²) in [6.07, 6.45) is 6.34. The number of aromatic nitrogens is 6. The van der Waals surface area contributed by atoms with Gasteiger partial charge in [0.05, 0.1) is 11.4 Å². The van der Waals surface area contributed by atoms with Gasteiger partial charge in [0.15, 0.2) is 0 Å². The Hall–Kier alpha value is -2.05. The van der Waals surface area contributed by atoms with E-state index in [2.05, 4.69) is 43.7 Å². The lowest BCUT2D eigenvalue weighted by atomic mass is 9.97. The lowest BCUT2D eigenvalue weighted by Gasteiger charge is -2.32. The second-order valence-electron chi connectivity index (χ2n) is 6.73. The van der Waals surface area contributed by atoms with Crippen molar-refractivity contribution in [3.8, 4) is 0 Å². The minimum atomic E-state index is 0.414. The Balaban J connectivity index is 1.56. The zero-order chi connectivity index (χ0) is 16.5. The third-order valence-corrected chi connectivity index (χ3v) is 5.21. The van der Waals surface area contributed by atoms with Gasteiger partial charge in [-0.1, -0.05) is 13.8 Å². The zero-order valence-corrected chi connectivity index (χ0v) is 14.6. The maximum atomic E-state index is 4.78. The lowest BCUT2D eigenvalue weighted by molar-refractivity contribution is 0.466. The first-order chi connectivity index (χ1) is 11.8. The van der Waals surface area contributed by atoms with Crippen LogP contribution in [0.5, 0.6) is 0 Å². The third kappa shape index (κ3) is 2.65. The molecule has 0 spiro atoms. The summed E-state index contributed by atoms with van der Waals surface area (Å²) in [7, 11) is 0. The quantitative estimate of drug-likeness (QED) is 0.854. The molecule has 1 fully saturated rings. The molecule has 1 atom stereocenters. The number of anilines is 1. The van der Waals surface area contributed by atoms with Crippen molar-refractivity contribution in [1.29, 1.82) is 0 Å². The molecule has 2 aliphatic heterocycles. The molecule has 2 aromatic rings. The first kappa shape index (κ1) is 15.5. The van der Waals surface area contributed by atoms with E-state index in [0.29, 0.717) is 5.92 Å². The molecule has 0 saturated carbocycles. The third-order valence-electron chi connectivity index (χ3n) is 5.21. The summed E-state index contributed by atoms with van der Waals surface area (Å²) >= 11 is 0. The average Bonchev–Trinajstić information content (AvgIpc) is 3.24. The number of aryl methyl sites for hydroxylation is 3. The van der Waals surface area contributed by atoms with E-state index in [4.69, 9.17) is 4.98 Å². The predicted octanol–water partition coefficient (Wildman–Crippen LogP) is 1.92. The summed E-state index contributed by atoms with van der Waals surface area (Å²) in [5.41, 5.74) is 2.10. The average molecular weight is 327 g/mol. The smallest absolute Gasteiger partial charge is 0.245 e. The van der Waals surface area contributed by atoms with Crippen molar-refractivity contribution in [2.24, 2.45) is 0 Å². The van der Waals surface area contributed by atoms with Crippen LogP contribution < -0.4 is 4.90 Å². The SMILES string of the molecule is CCc1nnc(N2CCCC(c3nnc4n3CCC4)C2)nc1CC. The molecule has 2 aromatic heterocycles. The van der Waals surface area contributed by atoms with Crippen molar-refractivity contribution in [2.75, 3.05) is 18.0 Å². The summed E-state index contributed by atoms with van der Waals surface area (Å²) < 4.78 is 2.32. The maximum Gasteiger partial charge on any atom is 0.245 e. The molecule has 0 radical (unpaired) electrons. The van der Waals surface area contributed by atoms with E-state index in [0.717, 1.165) is 80.7 Å². The highest BCUT2D eigenvalue weighted by Crippen LogP contribution is 2.29. The van der Waals surface area contributed by atoms with Gasteiger partial charge in [0, 0.05) is 32.0 Å². The van der Waals surface area contributed by atoms with Gasteiger partial charge in [0.25, 0.3) is 0 Å². The fraction of sp³-hybridized carbons (Fsp3) is 0.706. The number of fused-ring (bicyclic) bond motifs is 1. The van der Waals surface area contributed by atoms with Gasteiger partial charge in [0.2, 0.25) is 5.95 Å². The monoisotopic (exact) mass is 327 g/mol. The molecule has 0 aliphatic carbocycles. The Labute approximate surface area is 142 Å². The van der Waals surface area contributed by atoms with Crippen LogP contribution in [0.1, 0.15) is 62.1 Å². The topological polar surface area (TPSA) is 72.6 Å². The maximum absolute atomic E-state index is 4.78. The van der Waals surface area contributed by atoms with E-state index >= 15 is 0 Å². The number of hydrogen-bond donors (Lipinski definition) is 0. The zero-order valence-electron chi connectivity index (χ0n) is 14.6. The highest BCUT2D eigenvalue weighted by Gasteiger charge is 2.29. The molecule has 0 aromatic carbocycles. The van der Waals surface area contributed by atoms with E-state index in [1.54, 1.807) is 0 Å². The van der Waals surface area contributed by atoms with Crippen LogP contribution in [0.3, 0.4) is 0 Å². The van der Waals surface area contributed by atoms with E-state index in [1.165, 1.54) is 6.42 Å². The first-order valence-electron chi connectivity index (χ1n) is 9.19. The van der Waals surface area contributed by atoms with Crippen LogP contribution in [0.4, 0.5) is 5.95 Å². The van der Waals surface area contributed by atoms with Gasteiger partial charge < -0.3 is 9.47 Å². The first-order valence-corrected chi connectivity index (χ1v) is 9.19. The number of hydrogen-bond acceptors (Lipinski definition) is 6. The number of rotatable bonds is 4. The summed E-state index contributed by atoms with van der Waals surface area (Å²) in [5, 5.41) is 17.6. The standard InChI is InChI=1S/C17H25N7/c1-3-13-14(4-2)19-22-17(18-13)23-9-5-7-12(11-23)16-21-20-15-8-6-10-24(15)16/h12H,3-11H2,1-2H3. The highest BCUT2D eigenvalue weighted by atomic mass is 15.3. The van der Waals surface area contributed by atoms with E-state index in [1.807, 2.05) is 0 Å². The number of piperidine rings is 1. The van der Waals surface area contributed by atoms with Crippen LogP contribution in [-0.4, -0.2) is 43.0 Å². The van der Waals surface area contributed by atoms with E-state index in [9.17, 15) is 0 Å². The molecular weight excluding hydrogens is 302 g/mol. The molecule has 0 amide bonds. The largest absolute Gasteiger partial charge is 0.339 e. The van der Waals surface area contributed by atoms with Crippen LogP contribution in [0.25, 0.3) is 0 Å². The lowest BCUT2D eigenvalue weighted by Crippen LogP contribution is -2.37. The Morgan fingerprint density at radius 2 is 1.83 bits per heavy atom. The molecule has 0 bridgehead atoms. The Bertz CT molecular complexity index is 724. The molecule has 4 rings (SSSR count). The van der Waals surface area contributed by atoms with Gasteiger partial charge in [-0.15, -0.1) is 15.3 Å². The van der Waals surface area contributed by atoms with Crippen LogP contribution in [0, 0.1) is 0 Å². The second kappa shape index (κ2) is 6.45. The van der Waals surface area contributed by atoms with Gasteiger partial charge >= 0.3 is 0 Å². The summed E-state index contributed by atoms with van der Waals surface area (Å²) in [4.78, 5) is 7.06. The van der Waals surface area contributed by atoms with E-state index in [-0.39, 0.29) is 0 Å². The number of nitrogens with zero attached hydrogens (tertiary/aromatic N) is 7. The summed E-state index contributed by atoms with van der Waals surface area (Å²) in [6, 6.07) is 0. The molecule has 2 aliphatic rings. The van der Waals surface area contributed by atoms with Crippen molar-refractivity contribution >= 4 is 5.95 Å². The molecule has 1 unspecified atom stereocenters. The van der Waals surface area contributed by atoms with Crippen molar-refractivity contribution in [1.82, 2.24) is 29.9 Å². The van der Waals surface area contributed by atoms with Gasteiger partial charge in [0.1, 0.15) is 11.6 Å². The summed E-state index contributed by atoms with van der Waals surface area (Å²) in [5.74, 6) is 3.49. The molecule has 0 N–H and O–H groups in total. The Morgan fingerprint density at radius 1 is 0.958 bits per heavy atom. The highest BCUT2D eigenvalue weighted by molar-refractivity contribution is 5.32. The second-order valence-corrected chi connectivity index (χ2v) is 6.73. The summed E-state index contributed by atoms with van der Waals surface area (Å²) in [6.45, 7) is 7.21. The minimum Gasteiger partial charge on any atom is -0.339 e. The molecule has 7 heteroatoms. The van der Waals surface area contributed by atoms with Crippen molar-refractivity contribution in [3.05, 3.63) is 23.0 Å². The molecule has 7 nitrogen and oxygen atoms in total. The molecule has 4 heterocycles. The predicted molar refractivity (Wildman–Crippen MR) is 91.1 cm³/mol. The van der Waals surface area contributed by atoms with Crippen LogP contribution in [0.15, 0.2) is 0 Å². The van der Waals surface area contributed by atoms with Gasteiger partial charge in [-0.05, 0) is 32.1 Å². The van der Waals surface area contributed by atoms with Crippen molar-refractivity contribution in [2.45, 2.75) is 64.8 Å². The molecule has 24 heavy (non-hydrogen) atoms. The molecule has 1 saturated heterocycles. The van der Waals surface area contributed by atoms with Gasteiger partial charge in [-0.2, -0.15) is 5.10 Å². The Kier molecular flexibility index (Phi) is 4.16. The fourth-order valence-corrected chi connectivity index (χ4v) is 3.91. The van der Waals surface area contributed by atoms with Gasteiger partial charge in [-0.25, -0.2) is 4.98 Å². The van der Waals surface area contributed by atoms with Crippen LogP contribution in [-0.2, 0) is 25.8 Å². The molecular formula is C17H25N7. The van der Waals surface area contributed by atoms with Gasteiger partial charge in [-0.3, -0.25) is 0 Å². The minimum absolute atomic E-state index is 0.414. The van der Waals surface area contributed by atoms with Crippen LogP contribution in [0.2, 0.25) is 0 Å². The van der Waals surface area contributed by atoms with E-state index < -0.39 is 0 Å². The van der Waals surface area contributed by atoms with Crippen molar-refractivity contribution < 1.29 is 0 Å². The fourth-order valence-electron chi connectivity index (χ4n) is 3.91. The van der Waals surface area contributed by atoms with Crippen LogP contribution >= 0.6 is 0 Å². The molecule has 128 valence electrons. The van der Waals surface area contributed by atoms with Crippen molar-refractivity contribution in [3.63, 3.8) is 0 Å². The Morgan fingerprint density at radius 3 is 2.67 bits per heavy atom. The normalized spacial score (nSPS) is 20.4.